The summed E-state index contributed by atoms with van der Waals surface area (Å²) in [5.74, 6) is -12.2. The van der Waals surface area contributed by atoms with E-state index in [0.29, 0.717) is 39.6 Å². The van der Waals surface area contributed by atoms with Gasteiger partial charge in [0.25, 0.3) is 0 Å². The van der Waals surface area contributed by atoms with E-state index in [9.17, 15) is 41.1 Å². The molecule has 0 aromatic heterocycles. The minimum Gasteiger partial charge on any atom is -0.422 e. The van der Waals surface area contributed by atoms with Crippen molar-refractivity contribution < 1.29 is 50.6 Å². The highest BCUT2D eigenvalue weighted by Gasteiger charge is 2.63. The quantitative estimate of drug-likeness (QED) is 0.263. The summed E-state index contributed by atoms with van der Waals surface area (Å²) in [5.41, 5.74) is -0.933. The zero-order valence-electron chi connectivity index (χ0n) is 22.5. The molecule has 2 heterocycles. The fraction of sp³-hybridized carbons (Fsp3) is 0.750. The number of carbonyl (C=O) groups is 4. The molecule has 0 unspecified atom stereocenters. The third-order valence-corrected chi connectivity index (χ3v) is 6.32. The summed E-state index contributed by atoms with van der Waals surface area (Å²) in [6.07, 6.45) is -5.66. The van der Waals surface area contributed by atoms with Crippen LogP contribution in [0.3, 0.4) is 0 Å². The van der Waals surface area contributed by atoms with Crippen LogP contribution in [-0.2, 0) is 23.9 Å². The summed E-state index contributed by atoms with van der Waals surface area (Å²) in [7, 11) is 0. The number of amides is 4. The number of morpholine rings is 1. The highest BCUT2D eigenvalue weighted by Crippen LogP contribution is 2.43. The van der Waals surface area contributed by atoms with Crippen LogP contribution in [0, 0.1) is 11.8 Å². The second-order valence-electron chi connectivity index (χ2n) is 10.0. The van der Waals surface area contributed by atoms with Gasteiger partial charge in [-0.1, -0.05) is 27.7 Å². The van der Waals surface area contributed by atoms with Crippen LogP contribution in [0.25, 0.3) is 0 Å². The smallest absolute Gasteiger partial charge is 0.422 e. The largest absolute Gasteiger partial charge is 0.461 e. The average molecular weight is 571 g/mol. The molecule has 2 rings (SSSR count). The van der Waals surface area contributed by atoms with Gasteiger partial charge in [-0.3, -0.25) is 14.4 Å². The third kappa shape index (κ3) is 7.79. The van der Waals surface area contributed by atoms with E-state index in [2.05, 4.69) is 15.4 Å². The van der Waals surface area contributed by atoms with Crippen molar-refractivity contribution in [3.05, 3.63) is 11.5 Å². The van der Waals surface area contributed by atoms with Crippen LogP contribution in [0.1, 0.15) is 47.5 Å². The molecule has 2 atom stereocenters. The van der Waals surface area contributed by atoms with Gasteiger partial charge in [0, 0.05) is 26.6 Å². The minimum atomic E-state index is -6.11. The lowest BCUT2D eigenvalue weighted by Crippen LogP contribution is -2.58. The topological polar surface area (TPSA) is 117 Å². The highest BCUT2D eigenvalue weighted by atomic mass is 19.4. The van der Waals surface area contributed by atoms with E-state index >= 15 is 0 Å². The molecule has 15 heteroatoms. The van der Waals surface area contributed by atoms with Crippen LogP contribution in [0.4, 0.5) is 26.7 Å². The van der Waals surface area contributed by atoms with Crippen LogP contribution < -0.4 is 10.6 Å². The lowest BCUT2D eigenvalue weighted by atomic mass is 10.0. The Morgan fingerprint density at radius 2 is 1.56 bits per heavy atom. The van der Waals surface area contributed by atoms with Crippen LogP contribution in [-0.4, -0.2) is 90.6 Å². The molecule has 0 bridgehead atoms. The Hall–Kier alpha value is -2.97. The molecule has 2 N–H and O–H groups in total. The first-order chi connectivity index (χ1) is 18.0. The van der Waals surface area contributed by atoms with Gasteiger partial charge in [0.15, 0.2) is 0 Å². The molecule has 2 aliphatic rings. The number of halogens is 5. The standard InChI is InChI=1S/C24H35F5N4O6/c1-13(2)17(19(39-15(5)34)23(25,26)24(27,28)29)30-20(35)16-7-6-8-33(16)21(36)18(14(3)4)31-22(37)32-9-11-38-12-10-32/h13-14,16,18H,6-12H2,1-5H3,(H,30,35)(H,31,37)/b19-17+/t16-,18-/m0/s1. The number of nitrogens with zero attached hydrogens (tertiary/aromatic N) is 2. The van der Waals surface area contributed by atoms with Gasteiger partial charge in [-0.15, -0.1) is 0 Å². The summed E-state index contributed by atoms with van der Waals surface area (Å²) in [4.78, 5) is 53.4. The molecule has 0 radical (unpaired) electrons. The van der Waals surface area contributed by atoms with Crippen LogP contribution in [0.5, 0.6) is 0 Å². The van der Waals surface area contributed by atoms with E-state index in [1.54, 1.807) is 13.8 Å². The number of hydrogen-bond acceptors (Lipinski definition) is 6. The molecule has 0 aromatic carbocycles. The fourth-order valence-electron chi connectivity index (χ4n) is 4.23. The van der Waals surface area contributed by atoms with Gasteiger partial charge in [-0.05, 0) is 24.7 Å². The van der Waals surface area contributed by atoms with Crippen molar-refractivity contribution in [1.29, 1.82) is 0 Å². The first-order valence-corrected chi connectivity index (χ1v) is 12.6. The maximum atomic E-state index is 14.3. The van der Waals surface area contributed by atoms with Crippen molar-refractivity contribution in [3.63, 3.8) is 0 Å². The number of ether oxygens (including phenoxy) is 2. The molecule has 4 amide bonds. The van der Waals surface area contributed by atoms with Crippen LogP contribution in [0.15, 0.2) is 11.5 Å². The Morgan fingerprint density at radius 3 is 2.05 bits per heavy atom. The summed E-state index contributed by atoms with van der Waals surface area (Å²) in [6.45, 7) is 7.96. The predicted octanol–water partition coefficient (Wildman–Crippen LogP) is 2.79. The normalized spacial score (nSPS) is 20.1. The number of hydrogen-bond donors (Lipinski definition) is 2. The van der Waals surface area contributed by atoms with Gasteiger partial charge < -0.3 is 29.9 Å². The molecular formula is C24H35F5N4O6. The van der Waals surface area contributed by atoms with Gasteiger partial charge in [-0.25, -0.2) is 4.79 Å². The Labute approximate surface area is 223 Å². The zero-order valence-corrected chi connectivity index (χ0v) is 22.5. The van der Waals surface area contributed by atoms with E-state index in [1.807, 2.05) is 0 Å². The Kier molecular flexibility index (Phi) is 10.7. The van der Waals surface area contributed by atoms with E-state index < -0.39 is 65.4 Å². The Bertz CT molecular complexity index is 963. The number of allylic oxidation sites excluding steroid dienone is 2. The molecule has 0 aromatic rings. The minimum absolute atomic E-state index is 0.101. The molecule has 0 spiro atoms. The molecule has 222 valence electrons. The van der Waals surface area contributed by atoms with Crippen molar-refractivity contribution in [2.75, 3.05) is 32.8 Å². The maximum absolute atomic E-state index is 14.3. The van der Waals surface area contributed by atoms with Gasteiger partial charge in [0.2, 0.25) is 17.6 Å². The van der Waals surface area contributed by atoms with Crippen LogP contribution >= 0.6 is 0 Å². The van der Waals surface area contributed by atoms with Gasteiger partial charge in [0.1, 0.15) is 12.1 Å². The predicted molar refractivity (Wildman–Crippen MR) is 127 cm³/mol. The second-order valence-corrected chi connectivity index (χ2v) is 10.0. The molecule has 2 saturated heterocycles. The molecule has 2 fully saturated rings. The van der Waals surface area contributed by atoms with Crippen molar-refractivity contribution in [1.82, 2.24) is 20.4 Å². The molecule has 39 heavy (non-hydrogen) atoms. The SMILES string of the molecule is CC(=O)O/C(=C(/NC(=O)[C@@H]1CCCN1C(=O)[C@@H](NC(=O)N1CCOCC1)C(C)C)C(C)C)C(F)(F)C(F)(F)F. The number of carbonyl (C=O) groups excluding carboxylic acids is 4. The van der Waals surface area contributed by atoms with Gasteiger partial charge in [-0.2, -0.15) is 22.0 Å². The average Bonchev–Trinajstić information content (AvgIpc) is 3.33. The second kappa shape index (κ2) is 12.9. The lowest BCUT2D eigenvalue weighted by Gasteiger charge is -2.33. The maximum Gasteiger partial charge on any atom is 0.461 e. The van der Waals surface area contributed by atoms with Crippen LogP contribution in [0.2, 0.25) is 0 Å². The molecule has 0 aliphatic carbocycles. The summed E-state index contributed by atoms with van der Waals surface area (Å²) >= 11 is 0. The molecular weight excluding hydrogens is 535 g/mol. The van der Waals surface area contributed by atoms with Crippen molar-refractivity contribution >= 4 is 23.8 Å². The van der Waals surface area contributed by atoms with E-state index in [1.165, 1.54) is 23.6 Å². The number of likely N-dealkylation sites (tertiary alicyclic amines) is 1. The van der Waals surface area contributed by atoms with E-state index in [0.717, 1.165) is 0 Å². The van der Waals surface area contributed by atoms with Gasteiger partial charge in [0.05, 0.1) is 18.9 Å². The zero-order chi connectivity index (χ0) is 29.7. The van der Waals surface area contributed by atoms with Crippen molar-refractivity contribution in [2.45, 2.75) is 71.6 Å². The van der Waals surface area contributed by atoms with Gasteiger partial charge >= 0.3 is 24.1 Å². The molecule has 2 aliphatic heterocycles. The van der Waals surface area contributed by atoms with E-state index in [-0.39, 0.29) is 18.9 Å². The van der Waals surface area contributed by atoms with E-state index in [4.69, 9.17) is 4.74 Å². The molecule has 0 saturated carbocycles. The molecule has 10 nitrogen and oxygen atoms in total. The first-order valence-electron chi connectivity index (χ1n) is 12.6. The summed E-state index contributed by atoms with van der Waals surface area (Å²) in [5, 5.41) is 4.74. The van der Waals surface area contributed by atoms with Crippen molar-refractivity contribution in [2.24, 2.45) is 11.8 Å². The fourth-order valence-corrected chi connectivity index (χ4v) is 4.23. The number of urea groups is 1. The monoisotopic (exact) mass is 570 g/mol. The number of alkyl halides is 5. The lowest BCUT2D eigenvalue weighted by molar-refractivity contribution is -0.276. The number of rotatable bonds is 8. The highest BCUT2D eigenvalue weighted by molar-refractivity contribution is 5.93. The summed E-state index contributed by atoms with van der Waals surface area (Å²) < 4.78 is 77.7. The number of esters is 1. The van der Waals surface area contributed by atoms with Crippen molar-refractivity contribution in [3.8, 4) is 0 Å². The Morgan fingerprint density at radius 1 is 0.974 bits per heavy atom. The number of nitrogens with one attached hydrogen (secondary N) is 2. The summed E-state index contributed by atoms with van der Waals surface area (Å²) in [6, 6.07) is -2.73. The third-order valence-electron chi connectivity index (χ3n) is 6.32. The first kappa shape index (κ1) is 32.2. The Balaban J connectivity index is 2.33.